The molecule has 0 aliphatic carbocycles. The first-order valence-electron chi connectivity index (χ1n) is 7.71. The van der Waals surface area contributed by atoms with Crippen molar-refractivity contribution < 1.29 is 22.4 Å². The van der Waals surface area contributed by atoms with Crippen molar-refractivity contribution in [1.82, 2.24) is 15.1 Å². The molecule has 3 aromatic rings. The van der Waals surface area contributed by atoms with Gasteiger partial charge in [-0.05, 0) is 18.2 Å². The molecule has 27 heavy (non-hydrogen) atoms. The Morgan fingerprint density at radius 2 is 1.78 bits per heavy atom. The van der Waals surface area contributed by atoms with Crippen LogP contribution in [0.25, 0.3) is 5.69 Å². The van der Waals surface area contributed by atoms with E-state index >= 15 is 0 Å². The lowest BCUT2D eigenvalue weighted by Gasteiger charge is -2.10. The van der Waals surface area contributed by atoms with Crippen molar-refractivity contribution in [1.29, 1.82) is 0 Å². The number of halogens is 5. The van der Waals surface area contributed by atoms with Crippen LogP contribution in [0.2, 0.25) is 5.02 Å². The Bertz CT molecular complexity index is 985. The number of rotatable bonds is 4. The molecule has 0 fully saturated rings. The molecule has 4 nitrogen and oxygen atoms in total. The summed E-state index contributed by atoms with van der Waals surface area (Å²) in [7, 11) is 0. The van der Waals surface area contributed by atoms with Gasteiger partial charge in [0.2, 0.25) is 0 Å². The third kappa shape index (κ3) is 4.11. The lowest BCUT2D eigenvalue weighted by Crippen LogP contribution is -2.25. The van der Waals surface area contributed by atoms with Crippen LogP contribution in [0.3, 0.4) is 0 Å². The van der Waals surface area contributed by atoms with Crippen LogP contribution in [0.4, 0.5) is 17.6 Å². The number of para-hydroxylation sites is 1. The Labute approximate surface area is 156 Å². The largest absolute Gasteiger partial charge is 0.435 e. The molecule has 0 spiro atoms. The molecule has 0 aliphatic rings. The zero-order chi connectivity index (χ0) is 19.6. The van der Waals surface area contributed by atoms with Gasteiger partial charge in [-0.2, -0.15) is 18.3 Å². The molecule has 0 radical (unpaired) electrons. The van der Waals surface area contributed by atoms with E-state index in [2.05, 4.69) is 10.4 Å². The highest BCUT2D eigenvalue weighted by molar-refractivity contribution is 6.32. The van der Waals surface area contributed by atoms with Crippen LogP contribution in [-0.2, 0) is 12.7 Å². The molecule has 2 aromatic carbocycles. The van der Waals surface area contributed by atoms with Gasteiger partial charge >= 0.3 is 6.18 Å². The van der Waals surface area contributed by atoms with Crippen LogP contribution >= 0.6 is 11.6 Å². The number of nitrogens with zero attached hydrogens (tertiary/aromatic N) is 2. The van der Waals surface area contributed by atoms with E-state index in [-0.39, 0.29) is 28.5 Å². The maximum Gasteiger partial charge on any atom is 0.435 e. The van der Waals surface area contributed by atoms with E-state index in [4.69, 9.17) is 11.6 Å². The van der Waals surface area contributed by atoms with E-state index < -0.39 is 23.6 Å². The third-order valence-corrected chi connectivity index (χ3v) is 4.03. The standard InChI is InChI=1S/C18H12ClF4N3O/c19-12-6-2-4-8-14(12)26-15(9-16(25-26)18(21,22)23)17(27)24-10-11-5-1-3-7-13(11)20/h1-9H,10H2,(H,24,27). The van der Waals surface area contributed by atoms with Crippen molar-refractivity contribution in [3.05, 3.63) is 82.4 Å². The molecule has 0 aliphatic heterocycles. The molecule has 0 saturated carbocycles. The predicted octanol–water partition coefficient (Wildman–Crippen LogP) is 4.61. The van der Waals surface area contributed by atoms with Gasteiger partial charge in [0.05, 0.1) is 10.7 Å². The monoisotopic (exact) mass is 397 g/mol. The van der Waals surface area contributed by atoms with Crippen LogP contribution in [-0.4, -0.2) is 15.7 Å². The molecule has 140 valence electrons. The predicted molar refractivity (Wildman–Crippen MR) is 91.1 cm³/mol. The lowest BCUT2D eigenvalue weighted by atomic mass is 10.2. The van der Waals surface area contributed by atoms with Crippen molar-refractivity contribution in [3.63, 3.8) is 0 Å². The van der Waals surface area contributed by atoms with Crippen molar-refractivity contribution in [2.75, 3.05) is 0 Å². The van der Waals surface area contributed by atoms with E-state index in [1.807, 2.05) is 0 Å². The van der Waals surface area contributed by atoms with Gasteiger partial charge in [0.25, 0.3) is 5.91 Å². The smallest absolute Gasteiger partial charge is 0.347 e. The Morgan fingerprint density at radius 1 is 1.11 bits per heavy atom. The van der Waals surface area contributed by atoms with Gasteiger partial charge < -0.3 is 5.32 Å². The minimum atomic E-state index is -4.74. The van der Waals surface area contributed by atoms with Crippen LogP contribution < -0.4 is 5.32 Å². The Balaban J connectivity index is 1.96. The van der Waals surface area contributed by atoms with Gasteiger partial charge in [-0.1, -0.05) is 41.9 Å². The van der Waals surface area contributed by atoms with Crippen molar-refractivity contribution in [3.8, 4) is 5.69 Å². The Hall–Kier alpha value is -2.87. The fourth-order valence-electron chi connectivity index (χ4n) is 2.40. The molecule has 0 atom stereocenters. The van der Waals surface area contributed by atoms with Gasteiger partial charge in [0, 0.05) is 18.2 Å². The average Bonchev–Trinajstić information content (AvgIpc) is 3.07. The number of amides is 1. The van der Waals surface area contributed by atoms with Crippen molar-refractivity contribution >= 4 is 17.5 Å². The van der Waals surface area contributed by atoms with E-state index in [1.54, 1.807) is 18.2 Å². The first-order chi connectivity index (χ1) is 12.8. The van der Waals surface area contributed by atoms with Crippen LogP contribution in [0.15, 0.2) is 54.6 Å². The summed E-state index contributed by atoms with van der Waals surface area (Å²) in [5.41, 5.74) is -1.29. The fourth-order valence-corrected chi connectivity index (χ4v) is 2.61. The van der Waals surface area contributed by atoms with Gasteiger partial charge in [-0.25, -0.2) is 9.07 Å². The van der Waals surface area contributed by atoms with E-state index in [1.165, 1.54) is 30.3 Å². The Kier molecular flexibility index (Phi) is 5.18. The topological polar surface area (TPSA) is 46.9 Å². The molecule has 0 unspecified atom stereocenters. The summed E-state index contributed by atoms with van der Waals surface area (Å²) in [4.78, 5) is 12.5. The zero-order valence-corrected chi connectivity index (χ0v) is 14.4. The maximum atomic E-state index is 13.7. The minimum Gasteiger partial charge on any atom is -0.347 e. The molecule has 1 N–H and O–H groups in total. The number of nitrogens with one attached hydrogen (secondary N) is 1. The van der Waals surface area contributed by atoms with Crippen molar-refractivity contribution in [2.24, 2.45) is 0 Å². The molecular formula is C18H12ClF4N3O. The highest BCUT2D eigenvalue weighted by Crippen LogP contribution is 2.30. The summed E-state index contributed by atoms with van der Waals surface area (Å²) < 4.78 is 53.7. The molecule has 1 heterocycles. The molecule has 1 aromatic heterocycles. The van der Waals surface area contributed by atoms with Gasteiger partial charge in [0.1, 0.15) is 11.5 Å². The second kappa shape index (κ2) is 7.40. The number of aromatic nitrogens is 2. The summed E-state index contributed by atoms with van der Waals surface area (Å²) >= 11 is 6.03. The fraction of sp³-hybridized carbons (Fsp3) is 0.111. The number of benzene rings is 2. The Morgan fingerprint density at radius 3 is 2.44 bits per heavy atom. The van der Waals surface area contributed by atoms with Gasteiger partial charge in [0.15, 0.2) is 5.69 Å². The molecule has 1 amide bonds. The normalized spacial score (nSPS) is 11.4. The summed E-state index contributed by atoms with van der Waals surface area (Å²) in [6.07, 6.45) is -4.74. The maximum absolute atomic E-state index is 13.7. The number of hydrogen-bond donors (Lipinski definition) is 1. The molecule has 0 bridgehead atoms. The minimum absolute atomic E-state index is 0.116. The number of hydrogen-bond acceptors (Lipinski definition) is 2. The number of alkyl halides is 3. The van der Waals surface area contributed by atoms with Gasteiger partial charge in [-0.15, -0.1) is 0 Å². The summed E-state index contributed by atoms with van der Waals surface area (Å²) in [5.74, 6) is -1.38. The second-order valence-electron chi connectivity index (χ2n) is 5.55. The summed E-state index contributed by atoms with van der Waals surface area (Å²) in [6, 6.07) is 12.4. The molecule has 3 rings (SSSR count). The second-order valence-corrected chi connectivity index (χ2v) is 5.96. The van der Waals surface area contributed by atoms with Crippen molar-refractivity contribution in [2.45, 2.75) is 12.7 Å². The SMILES string of the molecule is O=C(NCc1ccccc1F)c1cc(C(F)(F)F)nn1-c1ccccc1Cl. The quantitative estimate of drug-likeness (QED) is 0.653. The highest BCUT2D eigenvalue weighted by Gasteiger charge is 2.36. The average molecular weight is 398 g/mol. The summed E-state index contributed by atoms with van der Waals surface area (Å²) in [6.45, 7) is -0.194. The first kappa shape index (κ1) is 18.9. The number of carbonyl (C=O) groups is 1. The summed E-state index contributed by atoms with van der Waals surface area (Å²) in [5, 5.41) is 6.00. The zero-order valence-electron chi connectivity index (χ0n) is 13.6. The molecule has 0 saturated heterocycles. The first-order valence-corrected chi connectivity index (χ1v) is 8.09. The highest BCUT2D eigenvalue weighted by atomic mass is 35.5. The van der Waals surface area contributed by atoms with E-state index in [0.717, 1.165) is 4.68 Å². The van der Waals surface area contributed by atoms with Crippen LogP contribution in [0, 0.1) is 5.82 Å². The lowest BCUT2D eigenvalue weighted by molar-refractivity contribution is -0.141. The third-order valence-electron chi connectivity index (χ3n) is 3.71. The number of carbonyl (C=O) groups excluding carboxylic acids is 1. The van der Waals surface area contributed by atoms with E-state index in [9.17, 15) is 22.4 Å². The molecular weight excluding hydrogens is 386 g/mol. The van der Waals surface area contributed by atoms with E-state index in [0.29, 0.717) is 6.07 Å². The van der Waals surface area contributed by atoms with Crippen LogP contribution in [0.1, 0.15) is 21.7 Å². The molecule has 9 heteroatoms. The van der Waals surface area contributed by atoms with Crippen LogP contribution in [0.5, 0.6) is 0 Å². The van der Waals surface area contributed by atoms with Gasteiger partial charge in [-0.3, -0.25) is 4.79 Å².